The number of hydrogen-bond acceptors (Lipinski definition) is 6. The Morgan fingerprint density at radius 2 is 1.83 bits per heavy atom. The molecule has 1 amide bonds. The predicted octanol–water partition coefficient (Wildman–Crippen LogP) is 4.32. The third kappa shape index (κ3) is 5.28. The molecular formula is C18H16ClFN4O3S2. The quantitative estimate of drug-likeness (QED) is 0.577. The second kappa shape index (κ2) is 8.44. The maximum absolute atomic E-state index is 13.0. The first-order valence-corrected chi connectivity index (χ1v) is 11.2. The number of benzene rings is 1. The van der Waals surface area contributed by atoms with Crippen molar-refractivity contribution in [3.8, 4) is 11.4 Å². The Bertz CT molecular complexity index is 1160. The van der Waals surface area contributed by atoms with Crippen LogP contribution in [0.4, 0.5) is 15.8 Å². The number of carbonyl (C=O) groups is 1. The van der Waals surface area contributed by atoms with E-state index >= 15 is 0 Å². The molecule has 29 heavy (non-hydrogen) atoms. The van der Waals surface area contributed by atoms with E-state index in [0.29, 0.717) is 22.0 Å². The molecule has 2 N–H and O–H groups in total. The SMILES string of the molecule is CCS(=O)(=O)Nc1cc(Cl)cc(NC(=O)c2cc(-c3ncc(F)cn3)c(C)s2)c1. The maximum Gasteiger partial charge on any atom is 0.265 e. The standard InChI is InChI=1S/C18H16ClFN4O3S2/c1-3-29(26,27)24-14-5-11(19)4-13(6-14)23-18(25)16-7-15(10(2)28-16)17-21-8-12(20)9-22-17/h4-9,24H,3H2,1-2H3,(H,23,25). The monoisotopic (exact) mass is 454 g/mol. The van der Waals surface area contributed by atoms with Crippen LogP contribution in [0.1, 0.15) is 21.5 Å². The van der Waals surface area contributed by atoms with E-state index in [1.54, 1.807) is 13.0 Å². The predicted molar refractivity (Wildman–Crippen MR) is 113 cm³/mol. The van der Waals surface area contributed by atoms with Crippen LogP contribution in [0.25, 0.3) is 11.4 Å². The fraction of sp³-hybridized carbons (Fsp3) is 0.167. The van der Waals surface area contributed by atoms with Gasteiger partial charge in [-0.1, -0.05) is 11.6 Å². The topological polar surface area (TPSA) is 101 Å². The summed E-state index contributed by atoms with van der Waals surface area (Å²) in [4.78, 5) is 21.7. The number of nitrogens with one attached hydrogen (secondary N) is 2. The highest BCUT2D eigenvalue weighted by atomic mass is 35.5. The van der Waals surface area contributed by atoms with Crippen LogP contribution in [0.2, 0.25) is 5.02 Å². The number of amides is 1. The van der Waals surface area contributed by atoms with Gasteiger partial charge in [-0.05, 0) is 38.1 Å². The van der Waals surface area contributed by atoms with Crippen LogP contribution in [0, 0.1) is 12.7 Å². The summed E-state index contributed by atoms with van der Waals surface area (Å²) in [5, 5.41) is 2.96. The van der Waals surface area contributed by atoms with Crippen molar-refractivity contribution in [2.75, 3.05) is 15.8 Å². The van der Waals surface area contributed by atoms with E-state index in [9.17, 15) is 17.6 Å². The molecule has 0 aliphatic rings. The molecular weight excluding hydrogens is 439 g/mol. The van der Waals surface area contributed by atoms with Crippen LogP contribution in [0.5, 0.6) is 0 Å². The minimum Gasteiger partial charge on any atom is -0.321 e. The zero-order valence-electron chi connectivity index (χ0n) is 15.4. The van der Waals surface area contributed by atoms with Crippen molar-refractivity contribution in [2.45, 2.75) is 13.8 Å². The Morgan fingerprint density at radius 3 is 2.48 bits per heavy atom. The molecule has 0 saturated carbocycles. The molecule has 0 spiro atoms. The van der Waals surface area contributed by atoms with Gasteiger partial charge in [-0.2, -0.15) is 0 Å². The summed E-state index contributed by atoms with van der Waals surface area (Å²) >= 11 is 7.28. The summed E-state index contributed by atoms with van der Waals surface area (Å²) in [6.45, 7) is 3.32. The van der Waals surface area contributed by atoms with Crippen LogP contribution in [-0.4, -0.2) is 30.0 Å². The van der Waals surface area contributed by atoms with E-state index in [2.05, 4.69) is 20.0 Å². The molecule has 0 fully saturated rings. The van der Waals surface area contributed by atoms with E-state index in [1.807, 2.05) is 0 Å². The van der Waals surface area contributed by atoms with Gasteiger partial charge < -0.3 is 5.32 Å². The largest absolute Gasteiger partial charge is 0.321 e. The van der Waals surface area contributed by atoms with Crippen LogP contribution in [0.15, 0.2) is 36.7 Å². The Hall–Kier alpha value is -2.56. The Labute approximate surface area is 176 Å². The summed E-state index contributed by atoms with van der Waals surface area (Å²) in [6, 6.07) is 6.05. The molecule has 0 saturated heterocycles. The van der Waals surface area contributed by atoms with Crippen LogP contribution in [-0.2, 0) is 10.0 Å². The highest BCUT2D eigenvalue weighted by Crippen LogP contribution is 2.30. The third-order valence-corrected chi connectivity index (χ3v) is 6.39. The number of sulfonamides is 1. The number of hydrogen-bond donors (Lipinski definition) is 2. The molecule has 0 aliphatic carbocycles. The minimum absolute atomic E-state index is 0.0933. The number of nitrogens with zero attached hydrogens (tertiary/aromatic N) is 2. The first kappa shape index (κ1) is 21.2. The molecule has 11 heteroatoms. The molecule has 0 bridgehead atoms. The first-order valence-electron chi connectivity index (χ1n) is 8.37. The summed E-state index contributed by atoms with van der Waals surface area (Å²) in [6.07, 6.45) is 2.12. The van der Waals surface area contributed by atoms with Gasteiger partial charge in [-0.3, -0.25) is 9.52 Å². The number of aromatic nitrogens is 2. The summed E-state index contributed by atoms with van der Waals surface area (Å²) < 4.78 is 38.9. The molecule has 2 heterocycles. The highest BCUT2D eigenvalue weighted by molar-refractivity contribution is 7.92. The van der Waals surface area contributed by atoms with Crippen LogP contribution in [0.3, 0.4) is 0 Å². The van der Waals surface area contributed by atoms with Crippen molar-refractivity contribution in [3.05, 3.63) is 57.3 Å². The van der Waals surface area contributed by atoms with Gasteiger partial charge in [-0.25, -0.2) is 22.8 Å². The van der Waals surface area contributed by atoms with Crippen LogP contribution >= 0.6 is 22.9 Å². The normalized spacial score (nSPS) is 11.3. The average Bonchev–Trinajstić information content (AvgIpc) is 3.03. The van der Waals surface area contributed by atoms with Crippen molar-refractivity contribution < 1.29 is 17.6 Å². The average molecular weight is 455 g/mol. The van der Waals surface area contributed by atoms with E-state index in [1.165, 1.54) is 36.5 Å². The van der Waals surface area contributed by atoms with E-state index in [4.69, 9.17) is 11.6 Å². The van der Waals surface area contributed by atoms with E-state index in [0.717, 1.165) is 17.3 Å². The lowest BCUT2D eigenvalue weighted by Crippen LogP contribution is -2.15. The number of rotatable bonds is 6. The van der Waals surface area contributed by atoms with E-state index in [-0.39, 0.29) is 16.5 Å². The van der Waals surface area contributed by atoms with E-state index < -0.39 is 21.7 Å². The second-order valence-corrected chi connectivity index (χ2v) is 9.70. The van der Waals surface area contributed by atoms with Gasteiger partial charge >= 0.3 is 0 Å². The summed E-state index contributed by atoms with van der Waals surface area (Å²) in [7, 11) is -3.48. The Kier molecular flexibility index (Phi) is 6.15. The van der Waals surface area contributed by atoms with Gasteiger partial charge in [0.05, 0.1) is 28.7 Å². The second-order valence-electron chi connectivity index (χ2n) is 5.99. The van der Waals surface area contributed by atoms with Crippen molar-refractivity contribution in [1.29, 1.82) is 0 Å². The smallest absolute Gasteiger partial charge is 0.265 e. The lowest BCUT2D eigenvalue weighted by molar-refractivity contribution is 0.103. The summed E-state index contributed by atoms with van der Waals surface area (Å²) in [5.41, 5.74) is 1.21. The number of carbonyl (C=O) groups excluding carboxylic acids is 1. The lowest BCUT2D eigenvalue weighted by Gasteiger charge is -2.10. The number of aryl methyl sites for hydroxylation is 1. The van der Waals surface area contributed by atoms with Gasteiger partial charge in [0, 0.05) is 21.2 Å². The fourth-order valence-corrected chi connectivity index (χ4v) is 4.20. The zero-order chi connectivity index (χ0) is 21.2. The van der Waals surface area contributed by atoms with Gasteiger partial charge in [-0.15, -0.1) is 11.3 Å². The maximum atomic E-state index is 13.0. The molecule has 7 nitrogen and oxygen atoms in total. The molecule has 0 radical (unpaired) electrons. The third-order valence-electron chi connectivity index (χ3n) is 3.81. The lowest BCUT2D eigenvalue weighted by atomic mass is 10.2. The van der Waals surface area contributed by atoms with Gasteiger partial charge in [0.2, 0.25) is 10.0 Å². The van der Waals surface area contributed by atoms with Crippen molar-refractivity contribution in [1.82, 2.24) is 9.97 Å². The Balaban J connectivity index is 1.83. The van der Waals surface area contributed by atoms with Crippen molar-refractivity contribution >= 4 is 50.2 Å². The number of anilines is 2. The highest BCUT2D eigenvalue weighted by Gasteiger charge is 2.16. The molecule has 3 aromatic rings. The fourth-order valence-electron chi connectivity index (χ4n) is 2.43. The number of thiophene rings is 1. The summed E-state index contributed by atoms with van der Waals surface area (Å²) in [5.74, 6) is -0.726. The molecule has 0 aliphatic heterocycles. The zero-order valence-corrected chi connectivity index (χ0v) is 17.8. The molecule has 0 unspecified atom stereocenters. The van der Waals surface area contributed by atoms with Crippen molar-refractivity contribution in [3.63, 3.8) is 0 Å². The van der Waals surface area contributed by atoms with Gasteiger partial charge in [0.1, 0.15) is 0 Å². The minimum atomic E-state index is -3.48. The van der Waals surface area contributed by atoms with Crippen molar-refractivity contribution in [2.24, 2.45) is 0 Å². The Morgan fingerprint density at radius 1 is 1.17 bits per heavy atom. The molecule has 2 aromatic heterocycles. The molecule has 152 valence electrons. The molecule has 3 rings (SSSR count). The molecule has 1 aromatic carbocycles. The van der Waals surface area contributed by atoms with Gasteiger partial charge in [0.15, 0.2) is 11.6 Å². The molecule has 0 atom stereocenters. The van der Waals surface area contributed by atoms with Crippen LogP contribution < -0.4 is 10.0 Å². The van der Waals surface area contributed by atoms with Gasteiger partial charge in [0.25, 0.3) is 5.91 Å². The number of halogens is 2. The first-order chi connectivity index (χ1) is 13.7.